The van der Waals surface area contributed by atoms with Crippen molar-refractivity contribution < 1.29 is 19.1 Å². The second-order valence-corrected chi connectivity index (χ2v) is 5.30. The fourth-order valence-electron chi connectivity index (χ4n) is 1.77. The van der Waals surface area contributed by atoms with Gasteiger partial charge in [0.15, 0.2) is 0 Å². The molecule has 1 heterocycles. The molecule has 1 aliphatic heterocycles. The van der Waals surface area contributed by atoms with E-state index in [2.05, 4.69) is 5.32 Å². The van der Waals surface area contributed by atoms with E-state index < -0.39 is 17.3 Å². The Kier molecular flexibility index (Phi) is 3.86. The van der Waals surface area contributed by atoms with Gasteiger partial charge in [0.05, 0.1) is 10.8 Å². The van der Waals surface area contributed by atoms with Gasteiger partial charge in [-0.05, 0) is 36.8 Å². The largest absolute Gasteiger partial charge is 0.478 e. The second-order valence-electron chi connectivity index (χ2n) is 3.99. The number of hydrogen-bond acceptors (Lipinski definition) is 3. The summed E-state index contributed by atoms with van der Waals surface area (Å²) in [6.07, 6.45) is 1.83. The molecule has 96 valence electrons. The van der Waals surface area contributed by atoms with Gasteiger partial charge in [-0.2, -0.15) is 0 Å². The van der Waals surface area contributed by atoms with Crippen LogP contribution in [0.3, 0.4) is 0 Å². The first-order chi connectivity index (χ1) is 8.58. The fraction of sp³-hybridized carbons (Fsp3) is 0.333. The van der Waals surface area contributed by atoms with Crippen molar-refractivity contribution in [3.05, 3.63) is 29.6 Å². The van der Waals surface area contributed by atoms with Crippen LogP contribution >= 0.6 is 11.8 Å². The lowest BCUT2D eigenvalue weighted by molar-refractivity contribution is -0.115. The highest BCUT2D eigenvalue weighted by atomic mass is 32.2. The van der Waals surface area contributed by atoms with E-state index in [9.17, 15) is 14.0 Å². The number of halogens is 1. The topological polar surface area (TPSA) is 66.4 Å². The van der Waals surface area contributed by atoms with E-state index in [1.54, 1.807) is 11.8 Å². The molecule has 1 fully saturated rings. The number of hydrogen-bond donors (Lipinski definition) is 2. The molecule has 1 unspecified atom stereocenters. The molecule has 0 radical (unpaired) electrons. The Morgan fingerprint density at radius 1 is 1.44 bits per heavy atom. The molecular formula is C12H12FNO3S. The first-order valence-electron chi connectivity index (χ1n) is 5.53. The number of carboxylic acids is 1. The first kappa shape index (κ1) is 12.9. The van der Waals surface area contributed by atoms with Gasteiger partial charge in [0.2, 0.25) is 5.91 Å². The van der Waals surface area contributed by atoms with Crippen LogP contribution in [0, 0.1) is 5.82 Å². The van der Waals surface area contributed by atoms with Crippen LogP contribution in [0.1, 0.15) is 23.2 Å². The molecule has 1 aromatic carbocycles. The number of carboxylic acid groups (broad SMARTS) is 1. The van der Waals surface area contributed by atoms with Crippen LogP contribution in [0.4, 0.5) is 10.1 Å². The Morgan fingerprint density at radius 2 is 2.22 bits per heavy atom. The molecule has 1 atom stereocenters. The number of nitrogens with one attached hydrogen (secondary N) is 1. The minimum absolute atomic E-state index is 0.0941. The minimum Gasteiger partial charge on any atom is -0.478 e. The predicted molar refractivity (Wildman–Crippen MR) is 67.5 cm³/mol. The monoisotopic (exact) mass is 269 g/mol. The predicted octanol–water partition coefficient (Wildman–Crippen LogP) is 2.36. The van der Waals surface area contributed by atoms with Crippen LogP contribution in [0.5, 0.6) is 0 Å². The molecule has 1 amide bonds. The smallest absolute Gasteiger partial charge is 0.338 e. The standard InChI is InChI=1S/C12H12FNO3S/c13-9-4-3-7(6-8(9)12(16)17)14-11(15)10-2-1-5-18-10/h3-4,6,10H,1-2,5H2,(H,14,15)(H,16,17). The van der Waals surface area contributed by atoms with Crippen LogP contribution in [-0.2, 0) is 4.79 Å². The Morgan fingerprint density at radius 3 is 2.83 bits per heavy atom. The van der Waals surface area contributed by atoms with Gasteiger partial charge in [-0.3, -0.25) is 4.79 Å². The molecule has 0 saturated carbocycles. The van der Waals surface area contributed by atoms with Crippen molar-refractivity contribution in [3.8, 4) is 0 Å². The molecule has 0 aliphatic carbocycles. The van der Waals surface area contributed by atoms with Gasteiger partial charge in [0.1, 0.15) is 5.82 Å². The summed E-state index contributed by atoms with van der Waals surface area (Å²) in [4.78, 5) is 22.6. The zero-order valence-corrected chi connectivity index (χ0v) is 10.3. The van der Waals surface area contributed by atoms with Crippen molar-refractivity contribution in [1.29, 1.82) is 0 Å². The molecule has 6 heteroatoms. The summed E-state index contributed by atoms with van der Waals surface area (Å²) in [5, 5.41) is 11.3. The van der Waals surface area contributed by atoms with E-state index in [-0.39, 0.29) is 11.2 Å². The summed E-state index contributed by atoms with van der Waals surface area (Å²) in [6.45, 7) is 0. The molecular weight excluding hydrogens is 257 g/mol. The van der Waals surface area contributed by atoms with Gasteiger partial charge in [-0.15, -0.1) is 11.8 Å². The van der Waals surface area contributed by atoms with E-state index in [1.807, 2.05) is 0 Å². The summed E-state index contributed by atoms with van der Waals surface area (Å²) in [7, 11) is 0. The molecule has 1 saturated heterocycles. The number of thioether (sulfide) groups is 1. The Hall–Kier alpha value is -1.56. The second kappa shape index (κ2) is 5.39. The number of carbonyl (C=O) groups excluding carboxylic acids is 1. The maximum atomic E-state index is 13.2. The molecule has 2 rings (SSSR count). The number of rotatable bonds is 3. The van der Waals surface area contributed by atoms with Crippen molar-refractivity contribution in [2.45, 2.75) is 18.1 Å². The zero-order valence-electron chi connectivity index (χ0n) is 9.48. The number of amides is 1. The van der Waals surface area contributed by atoms with E-state index in [0.29, 0.717) is 5.69 Å². The van der Waals surface area contributed by atoms with Crippen LogP contribution < -0.4 is 5.32 Å². The van der Waals surface area contributed by atoms with E-state index in [1.165, 1.54) is 6.07 Å². The normalized spacial score (nSPS) is 18.6. The highest BCUT2D eigenvalue weighted by Gasteiger charge is 2.23. The third kappa shape index (κ3) is 2.81. The van der Waals surface area contributed by atoms with E-state index in [4.69, 9.17) is 5.11 Å². The van der Waals surface area contributed by atoms with Crippen LogP contribution in [0.25, 0.3) is 0 Å². The van der Waals surface area contributed by atoms with Gasteiger partial charge in [0.25, 0.3) is 0 Å². The number of benzene rings is 1. The third-order valence-electron chi connectivity index (χ3n) is 2.69. The quantitative estimate of drug-likeness (QED) is 0.884. The summed E-state index contributed by atoms with van der Waals surface area (Å²) in [6, 6.07) is 3.54. The van der Waals surface area contributed by atoms with Crippen molar-refractivity contribution >= 4 is 29.3 Å². The average Bonchev–Trinajstić information content (AvgIpc) is 2.85. The molecule has 4 nitrogen and oxygen atoms in total. The highest BCUT2D eigenvalue weighted by Crippen LogP contribution is 2.27. The number of aromatic carboxylic acids is 1. The van der Waals surface area contributed by atoms with Gasteiger partial charge >= 0.3 is 5.97 Å². The molecule has 1 aromatic rings. The van der Waals surface area contributed by atoms with Crippen molar-refractivity contribution in [2.75, 3.05) is 11.1 Å². The van der Waals surface area contributed by atoms with E-state index in [0.717, 1.165) is 30.7 Å². The molecule has 0 aromatic heterocycles. The van der Waals surface area contributed by atoms with Gasteiger partial charge in [-0.1, -0.05) is 0 Å². The SMILES string of the molecule is O=C(O)c1cc(NC(=O)C2CCCS2)ccc1F. The molecule has 2 N–H and O–H groups in total. The summed E-state index contributed by atoms with van der Waals surface area (Å²) < 4.78 is 13.2. The Labute approximate surface area is 108 Å². The average molecular weight is 269 g/mol. The van der Waals surface area contributed by atoms with Gasteiger partial charge < -0.3 is 10.4 Å². The molecule has 18 heavy (non-hydrogen) atoms. The van der Waals surface area contributed by atoms with Gasteiger partial charge in [-0.25, -0.2) is 9.18 Å². The molecule has 0 bridgehead atoms. The summed E-state index contributed by atoms with van der Waals surface area (Å²) >= 11 is 1.58. The Balaban J connectivity index is 2.11. The van der Waals surface area contributed by atoms with Crippen molar-refractivity contribution in [2.24, 2.45) is 0 Å². The van der Waals surface area contributed by atoms with Crippen molar-refractivity contribution in [1.82, 2.24) is 0 Å². The lowest BCUT2D eigenvalue weighted by atomic mass is 10.2. The molecule has 0 spiro atoms. The number of anilines is 1. The summed E-state index contributed by atoms with van der Waals surface area (Å²) in [5.74, 6) is -1.35. The minimum atomic E-state index is -1.35. The van der Waals surface area contributed by atoms with Crippen molar-refractivity contribution in [3.63, 3.8) is 0 Å². The number of carbonyl (C=O) groups is 2. The van der Waals surface area contributed by atoms with Crippen LogP contribution in [-0.4, -0.2) is 28.0 Å². The highest BCUT2D eigenvalue weighted by molar-refractivity contribution is 8.00. The van der Waals surface area contributed by atoms with Gasteiger partial charge in [0, 0.05) is 5.69 Å². The van der Waals surface area contributed by atoms with Crippen LogP contribution in [0.15, 0.2) is 18.2 Å². The third-order valence-corrected chi connectivity index (χ3v) is 4.06. The molecule has 1 aliphatic rings. The first-order valence-corrected chi connectivity index (χ1v) is 6.58. The maximum absolute atomic E-state index is 13.2. The summed E-state index contributed by atoms with van der Waals surface area (Å²) in [5.41, 5.74) is -0.127. The fourth-order valence-corrected chi connectivity index (χ4v) is 2.94. The maximum Gasteiger partial charge on any atom is 0.338 e. The van der Waals surface area contributed by atoms with E-state index >= 15 is 0 Å². The lowest BCUT2D eigenvalue weighted by Crippen LogP contribution is -2.23. The lowest BCUT2D eigenvalue weighted by Gasteiger charge is -2.10. The van der Waals surface area contributed by atoms with Crippen LogP contribution in [0.2, 0.25) is 0 Å². The Bertz CT molecular complexity index is 486. The zero-order chi connectivity index (χ0) is 13.1.